The van der Waals surface area contributed by atoms with Gasteiger partial charge in [-0.3, -0.25) is 0 Å². The lowest BCUT2D eigenvalue weighted by Gasteiger charge is -2.52. The van der Waals surface area contributed by atoms with Crippen LogP contribution in [0.2, 0.25) is 0 Å². The van der Waals surface area contributed by atoms with E-state index in [-0.39, 0.29) is 6.42 Å². The Bertz CT molecular complexity index is 1080. The van der Waals surface area contributed by atoms with Crippen molar-refractivity contribution in [1.82, 2.24) is 0 Å². The third-order valence-electron chi connectivity index (χ3n) is 7.38. The molecule has 1 spiro atoms. The maximum Gasteiger partial charge on any atom is 0.419 e. The number of alkyl halides is 3. The normalized spacial score (nSPS) is 26.2. The second kappa shape index (κ2) is 7.41. The third kappa shape index (κ3) is 3.24. The summed E-state index contributed by atoms with van der Waals surface area (Å²) in [6, 6.07) is 11.4. The predicted octanol–water partition coefficient (Wildman–Crippen LogP) is 6.69. The van der Waals surface area contributed by atoms with Crippen molar-refractivity contribution in [2.75, 3.05) is 10.6 Å². The molecule has 0 aromatic heterocycles. The second-order valence-corrected chi connectivity index (χ2v) is 9.35. The summed E-state index contributed by atoms with van der Waals surface area (Å²) in [6.45, 7) is 3.88. The maximum absolute atomic E-state index is 14.6. The quantitative estimate of drug-likeness (QED) is 0.487. The summed E-state index contributed by atoms with van der Waals surface area (Å²) in [6.07, 6.45) is 2.65. The van der Waals surface area contributed by atoms with Crippen LogP contribution in [0.5, 0.6) is 0 Å². The Kier molecular flexibility index (Phi) is 4.89. The van der Waals surface area contributed by atoms with E-state index in [2.05, 4.69) is 17.2 Å². The van der Waals surface area contributed by atoms with Gasteiger partial charge in [0.05, 0.1) is 6.04 Å². The number of nitrogens with one attached hydrogen (secondary N) is 2. The van der Waals surface area contributed by atoms with E-state index in [1.54, 1.807) is 30.3 Å². The number of anilines is 2. The van der Waals surface area contributed by atoms with E-state index in [0.717, 1.165) is 36.1 Å². The zero-order valence-electron chi connectivity index (χ0n) is 17.8. The fourth-order valence-electron chi connectivity index (χ4n) is 5.87. The third-order valence-corrected chi connectivity index (χ3v) is 7.38. The molecule has 1 fully saturated rings. The van der Waals surface area contributed by atoms with Crippen molar-refractivity contribution in [3.05, 3.63) is 77.5 Å². The monoisotopic (exact) mass is 440 g/mol. The van der Waals surface area contributed by atoms with Crippen LogP contribution in [0, 0.1) is 0 Å². The average Bonchev–Trinajstić information content (AvgIpc) is 2.76. The molecule has 1 saturated carbocycles. The average molecular weight is 441 g/mol. The summed E-state index contributed by atoms with van der Waals surface area (Å²) in [5.74, 6) is 0. The molecule has 6 heteroatoms. The summed E-state index contributed by atoms with van der Waals surface area (Å²) in [5.41, 5.74) is 0.729. The lowest BCUT2D eigenvalue weighted by Crippen LogP contribution is -2.59. The number of hydrogen-bond acceptors (Lipinski definition) is 3. The molecule has 0 bridgehead atoms. The minimum atomic E-state index is -4.78. The van der Waals surface area contributed by atoms with E-state index in [4.69, 9.17) is 0 Å². The van der Waals surface area contributed by atoms with E-state index in [1.807, 2.05) is 24.3 Å². The number of hydrogen-bond donors (Lipinski definition) is 3. The first-order valence-electron chi connectivity index (χ1n) is 11.2. The molecule has 168 valence electrons. The first-order valence-corrected chi connectivity index (χ1v) is 11.2. The highest BCUT2D eigenvalue weighted by atomic mass is 19.4. The number of halogens is 3. The molecular weight excluding hydrogens is 413 g/mol. The minimum absolute atomic E-state index is 0.321. The minimum Gasteiger partial charge on any atom is -0.379 e. The van der Waals surface area contributed by atoms with Crippen LogP contribution < -0.4 is 10.6 Å². The summed E-state index contributed by atoms with van der Waals surface area (Å²) in [4.78, 5) is 0. The molecule has 2 aliphatic carbocycles. The van der Waals surface area contributed by atoms with Crippen LogP contribution in [0.15, 0.2) is 60.8 Å². The zero-order chi connectivity index (χ0) is 22.6. The molecule has 2 aromatic rings. The van der Waals surface area contributed by atoms with Gasteiger partial charge in [-0.2, -0.15) is 13.2 Å². The van der Waals surface area contributed by atoms with Gasteiger partial charge in [-0.25, -0.2) is 0 Å². The number of allylic oxidation sites excluding steroid dienone is 1. The second-order valence-electron chi connectivity index (χ2n) is 9.35. The standard InChI is InChI=1S/C26H27F3N2O/c1-17-12-13-19-21(30-17)10-7-11-22(19)31-23-18-8-3-4-9-20(18)24(14-5-2-6-15-24)16-25(23,32)26(27,28)29/h3-4,7-13,23,30-32H,1-2,5-6,14-16H2. The molecule has 1 heterocycles. The summed E-state index contributed by atoms with van der Waals surface area (Å²) in [5, 5.41) is 17.7. The first kappa shape index (κ1) is 21.1. The topological polar surface area (TPSA) is 44.3 Å². The summed E-state index contributed by atoms with van der Waals surface area (Å²) in [7, 11) is 0. The van der Waals surface area contributed by atoms with Gasteiger partial charge in [-0.1, -0.05) is 56.2 Å². The van der Waals surface area contributed by atoms with Crippen LogP contribution in [0.3, 0.4) is 0 Å². The van der Waals surface area contributed by atoms with E-state index in [9.17, 15) is 18.3 Å². The lowest BCUT2D eigenvalue weighted by atomic mass is 9.57. The Balaban J connectivity index is 1.65. The van der Waals surface area contributed by atoms with Crippen molar-refractivity contribution >= 4 is 17.5 Å². The van der Waals surface area contributed by atoms with Gasteiger partial charge < -0.3 is 15.7 Å². The van der Waals surface area contributed by atoms with Crippen LogP contribution in [0.1, 0.15) is 61.3 Å². The summed E-state index contributed by atoms with van der Waals surface area (Å²) < 4.78 is 43.7. The Hall–Kier alpha value is -2.73. The maximum atomic E-state index is 14.6. The zero-order valence-corrected chi connectivity index (χ0v) is 17.8. The van der Waals surface area contributed by atoms with E-state index in [0.29, 0.717) is 29.8 Å². The van der Waals surface area contributed by atoms with Crippen LogP contribution in [0.25, 0.3) is 6.08 Å². The van der Waals surface area contributed by atoms with Gasteiger partial charge in [0.2, 0.25) is 0 Å². The van der Waals surface area contributed by atoms with Gasteiger partial charge in [0.15, 0.2) is 5.60 Å². The fraction of sp³-hybridized carbons (Fsp3) is 0.385. The Labute approximate surface area is 186 Å². The number of aliphatic hydroxyl groups is 1. The van der Waals surface area contributed by atoms with E-state index < -0.39 is 23.2 Å². The van der Waals surface area contributed by atoms with Crippen molar-refractivity contribution in [3.8, 4) is 0 Å². The molecule has 3 nitrogen and oxygen atoms in total. The highest BCUT2D eigenvalue weighted by Crippen LogP contribution is 2.58. The van der Waals surface area contributed by atoms with Crippen molar-refractivity contribution in [3.63, 3.8) is 0 Å². The largest absolute Gasteiger partial charge is 0.419 e. The molecule has 2 atom stereocenters. The van der Waals surface area contributed by atoms with Crippen LogP contribution in [0.4, 0.5) is 24.5 Å². The van der Waals surface area contributed by atoms with Gasteiger partial charge in [0, 0.05) is 22.6 Å². The highest BCUT2D eigenvalue weighted by molar-refractivity contribution is 5.83. The van der Waals surface area contributed by atoms with Crippen molar-refractivity contribution in [1.29, 1.82) is 0 Å². The molecule has 0 saturated heterocycles. The van der Waals surface area contributed by atoms with Crippen molar-refractivity contribution in [2.24, 2.45) is 0 Å². The molecule has 3 aliphatic rings. The smallest absolute Gasteiger partial charge is 0.379 e. The molecule has 32 heavy (non-hydrogen) atoms. The van der Waals surface area contributed by atoms with E-state index in [1.165, 1.54) is 0 Å². The molecule has 0 radical (unpaired) electrons. The van der Waals surface area contributed by atoms with Gasteiger partial charge in [-0.15, -0.1) is 0 Å². The van der Waals surface area contributed by atoms with Crippen LogP contribution >= 0.6 is 0 Å². The Morgan fingerprint density at radius 3 is 2.50 bits per heavy atom. The number of benzene rings is 2. The fourth-order valence-corrected chi connectivity index (χ4v) is 5.87. The number of fused-ring (bicyclic) bond motifs is 3. The Morgan fingerprint density at radius 1 is 1.00 bits per heavy atom. The molecule has 2 unspecified atom stereocenters. The van der Waals surface area contributed by atoms with Gasteiger partial charge in [-0.05, 0) is 60.1 Å². The van der Waals surface area contributed by atoms with Gasteiger partial charge in [0.25, 0.3) is 0 Å². The molecule has 0 amide bonds. The lowest BCUT2D eigenvalue weighted by molar-refractivity contribution is -0.277. The highest BCUT2D eigenvalue weighted by Gasteiger charge is 2.65. The van der Waals surface area contributed by atoms with Crippen molar-refractivity contribution in [2.45, 2.75) is 61.8 Å². The van der Waals surface area contributed by atoms with Gasteiger partial charge >= 0.3 is 6.18 Å². The van der Waals surface area contributed by atoms with Crippen LogP contribution in [-0.2, 0) is 5.41 Å². The SMILES string of the molecule is C=C1C=Cc2c(cccc2NC2c3ccccc3C3(CCCCC3)CC2(O)C(F)(F)F)N1. The molecule has 2 aromatic carbocycles. The predicted molar refractivity (Wildman–Crippen MR) is 121 cm³/mol. The Morgan fingerprint density at radius 2 is 1.75 bits per heavy atom. The van der Waals surface area contributed by atoms with E-state index >= 15 is 0 Å². The molecule has 3 N–H and O–H groups in total. The molecule has 1 aliphatic heterocycles. The first-order chi connectivity index (χ1) is 15.2. The number of rotatable bonds is 2. The van der Waals surface area contributed by atoms with Crippen molar-refractivity contribution < 1.29 is 18.3 Å². The molecule has 5 rings (SSSR count). The van der Waals surface area contributed by atoms with Gasteiger partial charge in [0.1, 0.15) is 0 Å². The molecular formula is C26H27F3N2O. The summed E-state index contributed by atoms with van der Waals surface area (Å²) >= 11 is 0. The van der Waals surface area contributed by atoms with Crippen LogP contribution in [-0.4, -0.2) is 16.9 Å².